The van der Waals surface area contributed by atoms with E-state index in [0.29, 0.717) is 22.3 Å². The molecule has 1 N–H and O–H groups in total. The van der Waals surface area contributed by atoms with Gasteiger partial charge in [-0.15, -0.1) is 11.3 Å². The highest BCUT2D eigenvalue weighted by atomic mass is 32.1. The SMILES string of the molecule is CC1CCN(C(=O)c2csc(NC(=O)c3ccccc3)n2)CC1. The quantitative estimate of drug-likeness (QED) is 0.940. The number of likely N-dealkylation sites (tertiary alicyclic amines) is 1. The number of carbonyl (C=O) groups is 2. The molecule has 1 aromatic carbocycles. The van der Waals surface area contributed by atoms with E-state index in [1.807, 2.05) is 23.1 Å². The fourth-order valence-electron chi connectivity index (χ4n) is 2.56. The zero-order valence-electron chi connectivity index (χ0n) is 13.0. The van der Waals surface area contributed by atoms with Gasteiger partial charge >= 0.3 is 0 Å². The fraction of sp³-hybridized carbons (Fsp3) is 0.353. The van der Waals surface area contributed by atoms with Gasteiger partial charge in [-0.3, -0.25) is 14.9 Å². The molecular weight excluding hydrogens is 310 g/mol. The molecule has 0 aliphatic carbocycles. The molecule has 120 valence electrons. The molecule has 0 unspecified atom stereocenters. The van der Waals surface area contributed by atoms with Crippen molar-refractivity contribution < 1.29 is 9.59 Å². The third-order valence-corrected chi connectivity index (χ3v) is 4.81. The van der Waals surface area contributed by atoms with Crippen LogP contribution in [0.1, 0.15) is 40.6 Å². The molecule has 23 heavy (non-hydrogen) atoms. The smallest absolute Gasteiger partial charge is 0.273 e. The average Bonchev–Trinajstić information content (AvgIpc) is 3.04. The van der Waals surface area contributed by atoms with Gasteiger partial charge in [0, 0.05) is 24.0 Å². The van der Waals surface area contributed by atoms with Crippen LogP contribution < -0.4 is 5.32 Å². The molecule has 3 rings (SSSR count). The zero-order valence-corrected chi connectivity index (χ0v) is 13.8. The van der Waals surface area contributed by atoms with E-state index in [-0.39, 0.29) is 11.8 Å². The van der Waals surface area contributed by atoms with Crippen molar-refractivity contribution in [2.24, 2.45) is 5.92 Å². The van der Waals surface area contributed by atoms with Crippen LogP contribution in [0.15, 0.2) is 35.7 Å². The number of amides is 2. The highest BCUT2D eigenvalue weighted by Crippen LogP contribution is 2.21. The van der Waals surface area contributed by atoms with Gasteiger partial charge in [-0.05, 0) is 30.9 Å². The van der Waals surface area contributed by atoms with Crippen LogP contribution in [0.25, 0.3) is 0 Å². The first-order valence-electron chi connectivity index (χ1n) is 7.74. The van der Waals surface area contributed by atoms with Crippen molar-refractivity contribution >= 4 is 28.3 Å². The minimum absolute atomic E-state index is 0.0478. The van der Waals surface area contributed by atoms with Crippen LogP contribution in [0.5, 0.6) is 0 Å². The van der Waals surface area contributed by atoms with Gasteiger partial charge in [-0.25, -0.2) is 4.98 Å². The Kier molecular flexibility index (Phi) is 4.71. The zero-order chi connectivity index (χ0) is 16.2. The molecule has 0 radical (unpaired) electrons. The first-order chi connectivity index (χ1) is 11.1. The highest BCUT2D eigenvalue weighted by Gasteiger charge is 2.23. The first-order valence-corrected chi connectivity index (χ1v) is 8.62. The van der Waals surface area contributed by atoms with Gasteiger partial charge in [0.2, 0.25) is 0 Å². The number of nitrogens with zero attached hydrogens (tertiary/aromatic N) is 2. The van der Waals surface area contributed by atoms with Crippen molar-refractivity contribution in [2.45, 2.75) is 19.8 Å². The van der Waals surface area contributed by atoms with Gasteiger partial charge in [0.25, 0.3) is 11.8 Å². The molecule has 1 aliphatic rings. The summed E-state index contributed by atoms with van der Waals surface area (Å²) >= 11 is 1.27. The molecule has 2 amide bonds. The summed E-state index contributed by atoms with van der Waals surface area (Å²) in [7, 11) is 0. The van der Waals surface area contributed by atoms with E-state index >= 15 is 0 Å². The van der Waals surface area contributed by atoms with E-state index in [1.165, 1.54) is 11.3 Å². The molecule has 1 aliphatic heterocycles. The Hall–Kier alpha value is -2.21. The third-order valence-electron chi connectivity index (χ3n) is 4.05. The highest BCUT2D eigenvalue weighted by molar-refractivity contribution is 7.14. The summed E-state index contributed by atoms with van der Waals surface area (Å²) in [6, 6.07) is 8.95. The Labute approximate surface area is 139 Å². The minimum atomic E-state index is -0.217. The Morgan fingerprint density at radius 2 is 1.91 bits per heavy atom. The maximum Gasteiger partial charge on any atom is 0.273 e. The Morgan fingerprint density at radius 1 is 1.22 bits per heavy atom. The number of hydrogen-bond donors (Lipinski definition) is 1. The second-order valence-electron chi connectivity index (χ2n) is 5.83. The monoisotopic (exact) mass is 329 g/mol. The lowest BCUT2D eigenvalue weighted by molar-refractivity contribution is 0.0692. The van der Waals surface area contributed by atoms with Gasteiger partial charge in [0.1, 0.15) is 5.69 Å². The Bertz CT molecular complexity index is 691. The van der Waals surface area contributed by atoms with Gasteiger partial charge in [-0.1, -0.05) is 25.1 Å². The lowest BCUT2D eigenvalue weighted by Crippen LogP contribution is -2.38. The van der Waals surface area contributed by atoms with Crippen LogP contribution in [-0.2, 0) is 0 Å². The van der Waals surface area contributed by atoms with Crippen molar-refractivity contribution in [3.63, 3.8) is 0 Å². The predicted octanol–water partition coefficient (Wildman–Crippen LogP) is 3.27. The van der Waals surface area contributed by atoms with E-state index in [9.17, 15) is 9.59 Å². The summed E-state index contributed by atoms with van der Waals surface area (Å²) in [5.41, 5.74) is 0.980. The third kappa shape index (κ3) is 3.76. The summed E-state index contributed by atoms with van der Waals surface area (Å²) in [5.74, 6) is 0.411. The summed E-state index contributed by atoms with van der Waals surface area (Å²) in [5, 5.41) is 4.90. The molecule has 1 saturated heterocycles. The summed E-state index contributed by atoms with van der Waals surface area (Å²) < 4.78 is 0. The molecule has 5 nitrogen and oxygen atoms in total. The van der Waals surface area contributed by atoms with Crippen LogP contribution in [-0.4, -0.2) is 34.8 Å². The van der Waals surface area contributed by atoms with Crippen molar-refractivity contribution in [3.05, 3.63) is 47.0 Å². The number of carbonyl (C=O) groups excluding carboxylic acids is 2. The van der Waals surface area contributed by atoms with E-state index in [2.05, 4.69) is 17.2 Å². The number of benzene rings is 1. The topological polar surface area (TPSA) is 62.3 Å². The molecule has 0 saturated carbocycles. The van der Waals surface area contributed by atoms with Gasteiger partial charge in [0.05, 0.1) is 0 Å². The Balaban J connectivity index is 1.64. The molecule has 2 aromatic rings. The number of piperidine rings is 1. The van der Waals surface area contributed by atoms with Crippen LogP contribution in [0, 0.1) is 5.92 Å². The van der Waals surface area contributed by atoms with Crippen LogP contribution in [0.4, 0.5) is 5.13 Å². The molecule has 0 bridgehead atoms. The van der Waals surface area contributed by atoms with E-state index < -0.39 is 0 Å². The number of nitrogens with one attached hydrogen (secondary N) is 1. The predicted molar refractivity (Wildman–Crippen MR) is 90.8 cm³/mol. The lowest BCUT2D eigenvalue weighted by Gasteiger charge is -2.29. The maximum absolute atomic E-state index is 12.4. The van der Waals surface area contributed by atoms with Crippen molar-refractivity contribution in [3.8, 4) is 0 Å². The minimum Gasteiger partial charge on any atom is -0.337 e. The number of hydrogen-bond acceptors (Lipinski definition) is 4. The largest absolute Gasteiger partial charge is 0.337 e. The van der Waals surface area contributed by atoms with Crippen LogP contribution in [0.2, 0.25) is 0 Å². The fourth-order valence-corrected chi connectivity index (χ4v) is 3.24. The van der Waals surface area contributed by atoms with E-state index in [1.54, 1.807) is 17.5 Å². The van der Waals surface area contributed by atoms with Crippen molar-refractivity contribution in [2.75, 3.05) is 18.4 Å². The molecule has 1 fully saturated rings. The number of thiazole rings is 1. The maximum atomic E-state index is 12.4. The molecule has 0 spiro atoms. The second-order valence-corrected chi connectivity index (χ2v) is 6.69. The summed E-state index contributed by atoms with van der Waals surface area (Å²) in [4.78, 5) is 30.6. The van der Waals surface area contributed by atoms with E-state index in [4.69, 9.17) is 0 Å². The number of rotatable bonds is 3. The average molecular weight is 329 g/mol. The normalized spacial score (nSPS) is 15.4. The molecule has 2 heterocycles. The molecule has 6 heteroatoms. The lowest BCUT2D eigenvalue weighted by atomic mass is 9.99. The van der Waals surface area contributed by atoms with Crippen molar-refractivity contribution in [1.82, 2.24) is 9.88 Å². The number of anilines is 1. The summed E-state index contributed by atoms with van der Waals surface area (Å²) in [6.45, 7) is 3.77. The van der Waals surface area contributed by atoms with Crippen molar-refractivity contribution in [1.29, 1.82) is 0 Å². The van der Waals surface area contributed by atoms with Gasteiger partial charge in [-0.2, -0.15) is 0 Å². The van der Waals surface area contributed by atoms with E-state index in [0.717, 1.165) is 25.9 Å². The van der Waals surface area contributed by atoms with Gasteiger partial charge in [0.15, 0.2) is 5.13 Å². The van der Waals surface area contributed by atoms with Gasteiger partial charge < -0.3 is 4.90 Å². The van der Waals surface area contributed by atoms with Crippen LogP contribution >= 0.6 is 11.3 Å². The Morgan fingerprint density at radius 3 is 2.61 bits per heavy atom. The number of aromatic nitrogens is 1. The molecular formula is C17H19N3O2S. The standard InChI is InChI=1S/C17H19N3O2S/c1-12-7-9-20(10-8-12)16(22)14-11-23-17(18-14)19-15(21)13-5-3-2-4-6-13/h2-6,11-12H,7-10H2,1H3,(H,18,19,21). The summed E-state index contributed by atoms with van der Waals surface area (Å²) in [6.07, 6.45) is 2.07. The molecule has 1 aromatic heterocycles. The first kappa shape index (κ1) is 15.7. The second kappa shape index (κ2) is 6.91. The molecule has 0 atom stereocenters. The van der Waals surface area contributed by atoms with Crippen LogP contribution in [0.3, 0.4) is 0 Å².